The maximum Gasteiger partial charge on any atom is 0.338 e. The van der Waals surface area contributed by atoms with Gasteiger partial charge in [-0.25, -0.2) is 9.79 Å². The van der Waals surface area contributed by atoms with Gasteiger partial charge in [-0.2, -0.15) is 0 Å². The third-order valence-electron chi connectivity index (χ3n) is 10.1. The Labute approximate surface area is 279 Å². The number of ether oxygens (including phenoxy) is 5. The number of hydrogen-bond donors (Lipinski definition) is 3. The average molecular weight is 668 g/mol. The summed E-state index contributed by atoms with van der Waals surface area (Å²) in [6.07, 6.45) is -4.70. The zero-order chi connectivity index (χ0) is 35.6. The first-order valence-corrected chi connectivity index (χ1v) is 16.7. The Morgan fingerprint density at radius 1 is 1.13 bits per heavy atom. The Hall–Kier alpha value is -2.26. The van der Waals surface area contributed by atoms with Crippen LogP contribution >= 0.6 is 0 Å². The highest BCUT2D eigenvalue weighted by atomic mass is 16.7. The second kappa shape index (κ2) is 15.5. The number of rotatable bonds is 4. The summed E-state index contributed by atoms with van der Waals surface area (Å²) in [7, 11) is 3.73. The highest BCUT2D eigenvalue weighted by Gasteiger charge is 2.52. The van der Waals surface area contributed by atoms with Crippen LogP contribution in [0.15, 0.2) is 17.1 Å². The Morgan fingerprint density at radius 3 is 2.34 bits per heavy atom. The average Bonchev–Trinajstić information content (AvgIpc) is 3.00. The van der Waals surface area contributed by atoms with E-state index in [1.54, 1.807) is 27.7 Å². The molecular weight excluding hydrogens is 610 g/mol. The van der Waals surface area contributed by atoms with Crippen molar-refractivity contribution in [3.05, 3.63) is 12.2 Å². The molecule has 0 aromatic heterocycles. The first-order valence-electron chi connectivity index (χ1n) is 16.7. The molecule has 3 aliphatic rings. The minimum absolute atomic E-state index is 0.00250. The summed E-state index contributed by atoms with van der Waals surface area (Å²) in [5.41, 5.74) is 3.41. The van der Waals surface area contributed by atoms with Crippen molar-refractivity contribution in [3.8, 4) is 0 Å². The van der Waals surface area contributed by atoms with Crippen LogP contribution in [0, 0.1) is 23.7 Å². The molecule has 13 heteroatoms. The lowest BCUT2D eigenvalue weighted by Crippen LogP contribution is -2.60. The molecule has 47 heavy (non-hydrogen) atoms. The standard InChI is InChI=1S/C34H57N3O10/c1-12-24-34(9,42)29-20(5)25(36-32(35)41)18(3)14-33(8,44-16-17(2)15-43-29)28(21(6)26(38)22(7)30(40)46-24)47-31-27(39)23(37(10)11)13-19(4)45-31/h18-24,27-29,31,39,42H,2,12-16H2,1,3-11H3,(H2,35,41)/t18?,19-,20?,21+,22-,23+,24-,27?,28?,29?,31+,33-,34-/m1/s1. The number of carbonyl (C=O) groups is 3. The van der Waals surface area contributed by atoms with Crippen LogP contribution in [-0.2, 0) is 33.3 Å². The van der Waals surface area contributed by atoms with Crippen LogP contribution in [0.1, 0.15) is 74.7 Å². The van der Waals surface area contributed by atoms with Crippen molar-refractivity contribution < 1.29 is 48.3 Å². The summed E-state index contributed by atoms with van der Waals surface area (Å²) in [5.74, 6) is -4.69. The molecule has 0 aromatic rings. The van der Waals surface area contributed by atoms with Crippen molar-refractivity contribution >= 4 is 23.5 Å². The van der Waals surface area contributed by atoms with Gasteiger partial charge in [-0.05, 0) is 72.5 Å². The van der Waals surface area contributed by atoms with Gasteiger partial charge in [-0.15, -0.1) is 0 Å². The second-order valence-corrected chi connectivity index (χ2v) is 14.5. The molecule has 13 nitrogen and oxygen atoms in total. The molecule has 3 aliphatic heterocycles. The highest BCUT2D eigenvalue weighted by molar-refractivity contribution is 6.00. The van der Waals surface area contributed by atoms with E-state index in [2.05, 4.69) is 11.6 Å². The number of amides is 2. The lowest BCUT2D eigenvalue weighted by Gasteiger charge is -2.47. The minimum atomic E-state index is -1.78. The fourth-order valence-electron chi connectivity index (χ4n) is 7.54. The molecule has 0 radical (unpaired) electrons. The molecule has 0 saturated carbocycles. The largest absolute Gasteiger partial charge is 0.459 e. The second-order valence-electron chi connectivity index (χ2n) is 14.5. The number of likely N-dealkylation sites (N-methyl/N-ethyl adjacent to an activating group) is 1. The molecule has 2 amide bonds. The number of carbonyl (C=O) groups excluding carboxylic acids is 3. The fraction of sp³-hybridized carbons (Fsp3) is 0.824. The van der Waals surface area contributed by atoms with Gasteiger partial charge < -0.3 is 44.5 Å². The maximum atomic E-state index is 14.2. The number of nitrogens with zero attached hydrogens (tertiary/aromatic N) is 2. The monoisotopic (exact) mass is 667 g/mol. The van der Waals surface area contributed by atoms with Gasteiger partial charge in [0.05, 0.1) is 37.1 Å². The number of esters is 1. The topological polar surface area (TPSA) is 179 Å². The van der Waals surface area contributed by atoms with Gasteiger partial charge in [-0.1, -0.05) is 34.3 Å². The Kier molecular flexibility index (Phi) is 12.9. The predicted octanol–water partition coefficient (Wildman–Crippen LogP) is 2.64. The zero-order valence-electron chi connectivity index (χ0n) is 29.7. The van der Waals surface area contributed by atoms with Crippen LogP contribution < -0.4 is 5.73 Å². The van der Waals surface area contributed by atoms with E-state index >= 15 is 0 Å². The Balaban J connectivity index is 2.29. The van der Waals surface area contributed by atoms with Crippen molar-refractivity contribution in [1.29, 1.82) is 0 Å². The van der Waals surface area contributed by atoms with Crippen LogP contribution in [0.4, 0.5) is 4.79 Å². The van der Waals surface area contributed by atoms with E-state index in [1.165, 1.54) is 13.8 Å². The molecule has 268 valence electrons. The van der Waals surface area contributed by atoms with Gasteiger partial charge in [0.25, 0.3) is 0 Å². The van der Waals surface area contributed by atoms with Crippen molar-refractivity contribution in [2.75, 3.05) is 27.3 Å². The maximum absolute atomic E-state index is 14.2. The van der Waals surface area contributed by atoms with Crippen LogP contribution in [0.2, 0.25) is 0 Å². The van der Waals surface area contributed by atoms with Gasteiger partial charge >= 0.3 is 12.0 Å². The van der Waals surface area contributed by atoms with Gasteiger partial charge in [0.1, 0.15) is 23.7 Å². The third-order valence-corrected chi connectivity index (χ3v) is 10.1. The first-order chi connectivity index (χ1) is 21.7. The lowest BCUT2D eigenvalue weighted by molar-refractivity contribution is -0.296. The summed E-state index contributed by atoms with van der Waals surface area (Å²) < 4.78 is 31.6. The summed E-state index contributed by atoms with van der Waals surface area (Å²) in [6.45, 7) is 17.8. The lowest BCUT2D eigenvalue weighted by atomic mass is 9.73. The summed E-state index contributed by atoms with van der Waals surface area (Å²) >= 11 is 0. The fourth-order valence-corrected chi connectivity index (χ4v) is 7.54. The Bertz CT molecular complexity index is 1190. The van der Waals surface area contributed by atoms with E-state index in [-0.39, 0.29) is 38.2 Å². The molecule has 5 unspecified atom stereocenters. The zero-order valence-corrected chi connectivity index (χ0v) is 29.7. The van der Waals surface area contributed by atoms with Crippen molar-refractivity contribution in [2.24, 2.45) is 34.4 Å². The van der Waals surface area contributed by atoms with Gasteiger partial charge in [0.15, 0.2) is 12.1 Å². The summed E-state index contributed by atoms with van der Waals surface area (Å²) in [4.78, 5) is 46.2. The molecular formula is C34H57N3O10. The normalized spacial score (nSPS) is 44.0. The first kappa shape index (κ1) is 39.2. The SMILES string of the molecule is C=C1COC2C(C)C(=NC(N)=O)C(C)C[C@@](C)(OC1)C(O[C@@H]1O[C@H](C)C[C@H](N(C)C)C1O)[C@@H](C)C(=O)[C@@H](C)C(=O)O[C@H](CC)[C@@]2(C)O. The minimum Gasteiger partial charge on any atom is -0.459 e. The number of aliphatic hydroxyl groups is 2. The number of aliphatic hydroxyl groups excluding tert-OH is 1. The highest BCUT2D eigenvalue weighted by Crippen LogP contribution is 2.40. The molecule has 0 aromatic carbocycles. The molecule has 3 saturated heterocycles. The van der Waals surface area contributed by atoms with Crippen molar-refractivity contribution in [1.82, 2.24) is 4.90 Å². The van der Waals surface area contributed by atoms with Crippen LogP contribution in [0.25, 0.3) is 0 Å². The number of cyclic esters (lactones) is 1. The number of nitrogens with two attached hydrogens (primary N) is 1. The van der Waals surface area contributed by atoms with Crippen LogP contribution in [0.3, 0.4) is 0 Å². The number of primary amides is 1. The van der Waals surface area contributed by atoms with Gasteiger partial charge in [0.2, 0.25) is 0 Å². The number of fused-ring (bicyclic) bond motifs is 5. The van der Waals surface area contributed by atoms with E-state index < -0.39 is 83.4 Å². The van der Waals surface area contributed by atoms with E-state index in [1.807, 2.05) is 32.8 Å². The van der Waals surface area contributed by atoms with Crippen LogP contribution in [-0.4, -0.2) is 120 Å². The molecule has 0 spiro atoms. The molecule has 4 N–H and O–H groups in total. The number of aliphatic imine (C=N–C) groups is 1. The predicted molar refractivity (Wildman–Crippen MR) is 175 cm³/mol. The molecule has 3 rings (SSSR count). The van der Waals surface area contributed by atoms with E-state index in [4.69, 9.17) is 29.4 Å². The third kappa shape index (κ3) is 8.67. The Morgan fingerprint density at radius 2 is 1.77 bits per heavy atom. The summed E-state index contributed by atoms with van der Waals surface area (Å²) in [5, 5.41) is 23.5. The molecule has 13 atom stereocenters. The molecule has 3 fully saturated rings. The van der Waals surface area contributed by atoms with Gasteiger partial charge in [0, 0.05) is 23.6 Å². The van der Waals surface area contributed by atoms with E-state index in [9.17, 15) is 24.6 Å². The number of ketones is 1. The van der Waals surface area contributed by atoms with Gasteiger partial charge in [-0.3, -0.25) is 9.59 Å². The summed E-state index contributed by atoms with van der Waals surface area (Å²) in [6, 6.07) is -1.21. The number of Topliss-reactive ketones (excluding diaryl/α,β-unsaturated/α-hetero) is 1. The number of urea groups is 1. The van der Waals surface area contributed by atoms with Crippen molar-refractivity contribution in [3.63, 3.8) is 0 Å². The quantitative estimate of drug-likeness (QED) is 0.228. The van der Waals surface area contributed by atoms with E-state index in [0.29, 0.717) is 17.7 Å². The van der Waals surface area contributed by atoms with Crippen molar-refractivity contribution in [2.45, 2.75) is 129 Å². The van der Waals surface area contributed by atoms with E-state index in [0.717, 1.165) is 0 Å². The van der Waals surface area contributed by atoms with Crippen LogP contribution in [0.5, 0.6) is 0 Å². The smallest absolute Gasteiger partial charge is 0.338 e. The number of hydrogen-bond acceptors (Lipinski definition) is 11. The molecule has 0 aliphatic carbocycles. The molecule has 3 heterocycles. The molecule has 2 bridgehead atoms.